The molecule has 1 rings (SSSR count). The van der Waals surface area contributed by atoms with Gasteiger partial charge in [0.2, 0.25) is 5.91 Å². The van der Waals surface area contributed by atoms with E-state index in [1.54, 1.807) is 0 Å². The fourth-order valence-corrected chi connectivity index (χ4v) is 2.00. The predicted molar refractivity (Wildman–Crippen MR) is 86.2 cm³/mol. The molecule has 0 fully saturated rings. The third kappa shape index (κ3) is 5.61. The van der Waals surface area contributed by atoms with E-state index >= 15 is 0 Å². The number of amides is 1. The highest BCUT2D eigenvalue weighted by atomic mass is 16.1. The van der Waals surface area contributed by atoms with Crippen molar-refractivity contribution in [1.82, 2.24) is 4.90 Å². The van der Waals surface area contributed by atoms with Crippen LogP contribution in [0.15, 0.2) is 24.3 Å². The molecule has 1 amide bonds. The lowest BCUT2D eigenvalue weighted by atomic mass is 10.0. The molecule has 0 unspecified atom stereocenters. The van der Waals surface area contributed by atoms with E-state index in [4.69, 9.17) is 0 Å². The number of carbonyl (C=O) groups is 1. The third-order valence-electron chi connectivity index (χ3n) is 3.40. The van der Waals surface area contributed by atoms with E-state index in [-0.39, 0.29) is 11.8 Å². The molecular formula is C16H27N3O. The van der Waals surface area contributed by atoms with Crippen molar-refractivity contribution >= 4 is 17.3 Å². The highest BCUT2D eigenvalue weighted by molar-refractivity contribution is 5.92. The Labute approximate surface area is 122 Å². The van der Waals surface area contributed by atoms with Crippen molar-refractivity contribution in [2.75, 3.05) is 37.8 Å². The van der Waals surface area contributed by atoms with Gasteiger partial charge >= 0.3 is 0 Å². The minimum Gasteiger partial charge on any atom is -0.384 e. The molecule has 0 bridgehead atoms. The maximum atomic E-state index is 12.0. The lowest BCUT2D eigenvalue weighted by Crippen LogP contribution is -2.22. The molecule has 0 heterocycles. The van der Waals surface area contributed by atoms with Crippen molar-refractivity contribution < 1.29 is 4.79 Å². The maximum Gasteiger partial charge on any atom is 0.227 e. The van der Waals surface area contributed by atoms with Crippen molar-refractivity contribution in [1.29, 1.82) is 0 Å². The first-order valence-corrected chi connectivity index (χ1v) is 7.36. The Morgan fingerprint density at radius 1 is 1.10 bits per heavy atom. The van der Waals surface area contributed by atoms with Gasteiger partial charge in [-0.05, 0) is 51.2 Å². The molecule has 0 atom stereocenters. The number of carbonyl (C=O) groups excluding carboxylic acids is 1. The smallest absolute Gasteiger partial charge is 0.227 e. The Morgan fingerprint density at radius 2 is 1.65 bits per heavy atom. The molecule has 0 saturated heterocycles. The second kappa shape index (κ2) is 8.59. The number of hydrogen-bond acceptors (Lipinski definition) is 3. The molecule has 0 aliphatic heterocycles. The Hall–Kier alpha value is -1.55. The normalized spacial score (nSPS) is 10.9. The number of anilines is 2. The lowest BCUT2D eigenvalue weighted by molar-refractivity contribution is -0.120. The van der Waals surface area contributed by atoms with E-state index in [0.29, 0.717) is 0 Å². The number of nitrogens with one attached hydrogen (secondary N) is 2. The van der Waals surface area contributed by atoms with Crippen molar-refractivity contribution in [3.63, 3.8) is 0 Å². The van der Waals surface area contributed by atoms with E-state index in [0.717, 1.165) is 37.3 Å². The number of hydrogen-bond donors (Lipinski definition) is 2. The summed E-state index contributed by atoms with van der Waals surface area (Å²) in [6.45, 7) is 6.00. The molecule has 0 aromatic heterocycles. The molecule has 112 valence electrons. The molecule has 0 saturated carbocycles. The van der Waals surface area contributed by atoms with Gasteiger partial charge in [0.05, 0.1) is 0 Å². The fourth-order valence-electron chi connectivity index (χ4n) is 2.00. The summed E-state index contributed by atoms with van der Waals surface area (Å²) in [6, 6.07) is 7.88. The van der Waals surface area contributed by atoms with E-state index < -0.39 is 0 Å². The van der Waals surface area contributed by atoms with Gasteiger partial charge in [0.25, 0.3) is 0 Å². The van der Waals surface area contributed by atoms with Crippen molar-refractivity contribution in [3.05, 3.63) is 24.3 Å². The average Bonchev–Trinajstić information content (AvgIpc) is 2.42. The zero-order valence-corrected chi connectivity index (χ0v) is 13.1. The van der Waals surface area contributed by atoms with Crippen LogP contribution in [0.4, 0.5) is 11.4 Å². The Kier molecular flexibility index (Phi) is 7.09. The highest BCUT2D eigenvalue weighted by Gasteiger charge is 2.13. The van der Waals surface area contributed by atoms with Crippen LogP contribution in [0.2, 0.25) is 0 Å². The van der Waals surface area contributed by atoms with Gasteiger partial charge in [-0.25, -0.2) is 0 Å². The summed E-state index contributed by atoms with van der Waals surface area (Å²) in [5.41, 5.74) is 1.94. The van der Waals surface area contributed by atoms with Gasteiger partial charge in [-0.2, -0.15) is 0 Å². The molecule has 20 heavy (non-hydrogen) atoms. The topological polar surface area (TPSA) is 44.4 Å². The van der Waals surface area contributed by atoms with Crippen LogP contribution in [0.5, 0.6) is 0 Å². The van der Waals surface area contributed by atoms with Gasteiger partial charge in [0.1, 0.15) is 0 Å². The maximum absolute atomic E-state index is 12.0. The van der Waals surface area contributed by atoms with Crippen LogP contribution < -0.4 is 10.6 Å². The molecule has 4 heteroatoms. The molecule has 2 N–H and O–H groups in total. The van der Waals surface area contributed by atoms with Crippen molar-refractivity contribution in [2.45, 2.75) is 26.7 Å². The standard InChI is InChI=1S/C16H27N3O/c1-5-13(6-2)16(20)18-15-9-7-14(8-10-15)17-11-12-19(3)4/h7-10,13,17H,5-6,11-12H2,1-4H3,(H,18,20). The van der Waals surface area contributed by atoms with E-state index in [2.05, 4.69) is 29.6 Å². The molecule has 0 radical (unpaired) electrons. The van der Waals surface area contributed by atoms with Crippen LogP contribution in [-0.2, 0) is 4.79 Å². The minimum atomic E-state index is 0.105. The number of benzene rings is 1. The molecule has 1 aromatic rings. The quantitative estimate of drug-likeness (QED) is 0.767. The summed E-state index contributed by atoms with van der Waals surface area (Å²) in [7, 11) is 4.11. The molecule has 0 aliphatic rings. The molecule has 0 spiro atoms. The van der Waals surface area contributed by atoms with Gasteiger partial charge in [0.15, 0.2) is 0 Å². The Balaban J connectivity index is 2.48. The molecular weight excluding hydrogens is 250 g/mol. The van der Waals surface area contributed by atoms with Crippen LogP contribution in [0.1, 0.15) is 26.7 Å². The zero-order chi connectivity index (χ0) is 15.0. The Bertz CT molecular complexity index is 397. The van der Waals surface area contributed by atoms with Crippen LogP contribution >= 0.6 is 0 Å². The second-order valence-corrected chi connectivity index (χ2v) is 5.31. The van der Waals surface area contributed by atoms with Crippen LogP contribution in [-0.4, -0.2) is 38.0 Å². The highest BCUT2D eigenvalue weighted by Crippen LogP contribution is 2.16. The SMILES string of the molecule is CCC(CC)C(=O)Nc1ccc(NCCN(C)C)cc1. The third-order valence-corrected chi connectivity index (χ3v) is 3.40. The summed E-state index contributed by atoms with van der Waals surface area (Å²) in [5.74, 6) is 0.219. The first-order chi connectivity index (χ1) is 9.56. The van der Waals surface area contributed by atoms with Crippen molar-refractivity contribution in [2.24, 2.45) is 5.92 Å². The molecule has 1 aromatic carbocycles. The van der Waals surface area contributed by atoms with Gasteiger partial charge in [-0.3, -0.25) is 4.79 Å². The summed E-state index contributed by atoms with van der Waals surface area (Å²) in [4.78, 5) is 14.1. The van der Waals surface area contributed by atoms with Crippen LogP contribution in [0.3, 0.4) is 0 Å². The monoisotopic (exact) mass is 277 g/mol. The first-order valence-electron chi connectivity index (χ1n) is 7.36. The first kappa shape index (κ1) is 16.5. The summed E-state index contributed by atoms with van der Waals surface area (Å²) < 4.78 is 0. The van der Waals surface area contributed by atoms with Gasteiger partial charge in [0, 0.05) is 30.4 Å². The zero-order valence-electron chi connectivity index (χ0n) is 13.1. The molecule has 0 aliphatic carbocycles. The lowest BCUT2D eigenvalue weighted by Gasteiger charge is -2.14. The second-order valence-electron chi connectivity index (χ2n) is 5.31. The summed E-state index contributed by atoms with van der Waals surface area (Å²) in [5, 5.41) is 6.32. The molecule has 4 nitrogen and oxygen atoms in total. The fraction of sp³-hybridized carbons (Fsp3) is 0.562. The van der Waals surface area contributed by atoms with Gasteiger partial charge in [-0.15, -0.1) is 0 Å². The average molecular weight is 277 g/mol. The van der Waals surface area contributed by atoms with Gasteiger partial charge in [-0.1, -0.05) is 13.8 Å². The van der Waals surface area contributed by atoms with Gasteiger partial charge < -0.3 is 15.5 Å². The number of nitrogens with zero attached hydrogens (tertiary/aromatic N) is 1. The Morgan fingerprint density at radius 3 is 2.15 bits per heavy atom. The van der Waals surface area contributed by atoms with Crippen molar-refractivity contribution in [3.8, 4) is 0 Å². The number of likely N-dealkylation sites (N-methyl/N-ethyl adjacent to an activating group) is 1. The largest absolute Gasteiger partial charge is 0.384 e. The van der Waals surface area contributed by atoms with Crippen LogP contribution in [0, 0.1) is 5.92 Å². The van der Waals surface area contributed by atoms with E-state index in [1.807, 2.05) is 38.1 Å². The van der Waals surface area contributed by atoms with Crippen LogP contribution in [0.25, 0.3) is 0 Å². The predicted octanol–water partition coefficient (Wildman–Crippen LogP) is 3.03. The minimum absolute atomic E-state index is 0.105. The van der Waals surface area contributed by atoms with E-state index in [1.165, 1.54) is 0 Å². The number of rotatable bonds is 8. The van der Waals surface area contributed by atoms with E-state index in [9.17, 15) is 4.79 Å². The summed E-state index contributed by atoms with van der Waals surface area (Å²) in [6.07, 6.45) is 1.76. The summed E-state index contributed by atoms with van der Waals surface area (Å²) >= 11 is 0.